The number of aromatic nitrogens is 1. The second kappa shape index (κ2) is 8.20. The molecule has 4 heterocycles. The molecule has 176 valence electrons. The molecule has 0 radical (unpaired) electrons. The summed E-state index contributed by atoms with van der Waals surface area (Å²) in [5.41, 5.74) is 3.79. The molecule has 1 saturated heterocycles. The highest BCUT2D eigenvalue weighted by Gasteiger charge is 2.43. The van der Waals surface area contributed by atoms with Gasteiger partial charge in [0.15, 0.2) is 5.69 Å². The number of piperazine rings is 1. The van der Waals surface area contributed by atoms with E-state index < -0.39 is 11.3 Å². The van der Waals surface area contributed by atoms with Gasteiger partial charge in [0.05, 0.1) is 12.8 Å². The van der Waals surface area contributed by atoms with Gasteiger partial charge in [-0.15, -0.1) is 0 Å². The molecule has 4 aromatic rings. The van der Waals surface area contributed by atoms with E-state index in [9.17, 15) is 20.0 Å². The molecule has 2 aliphatic heterocycles. The number of amides is 2. The minimum absolute atomic E-state index is 0.143. The first-order chi connectivity index (χ1) is 17.0. The number of carbonyl (C=O) groups excluding carboxylic acids is 2. The lowest BCUT2D eigenvalue weighted by atomic mass is 9.94. The summed E-state index contributed by atoms with van der Waals surface area (Å²) in [6.07, 6.45) is 1.83. The average Bonchev–Trinajstić information content (AvgIpc) is 3.49. The summed E-state index contributed by atoms with van der Waals surface area (Å²) in [6.45, 7) is 0.226. The van der Waals surface area contributed by atoms with E-state index in [1.54, 1.807) is 29.2 Å². The first-order valence-electron chi connectivity index (χ1n) is 11.1. The SMILES string of the molecule is O=C1[C@@H]2Cc3c([nH]c4ccccc34)CN2C(=O)CN1/N=C/c1ccc(-c2cccc([NH+]([O-])O)c2)o1. The molecule has 10 nitrogen and oxygen atoms in total. The monoisotopic (exact) mass is 471 g/mol. The van der Waals surface area contributed by atoms with Gasteiger partial charge in [-0.3, -0.25) is 9.59 Å². The van der Waals surface area contributed by atoms with Crippen molar-refractivity contribution in [3.63, 3.8) is 0 Å². The van der Waals surface area contributed by atoms with Gasteiger partial charge in [0.2, 0.25) is 5.91 Å². The Balaban J connectivity index is 1.22. The predicted octanol–water partition coefficient (Wildman–Crippen LogP) is 1.96. The number of nitrogens with one attached hydrogen (secondary N) is 2. The van der Waals surface area contributed by atoms with Crippen LogP contribution < -0.4 is 5.23 Å². The normalized spacial score (nSPS) is 18.9. The molecule has 2 atom stereocenters. The van der Waals surface area contributed by atoms with Crippen molar-refractivity contribution in [1.29, 1.82) is 0 Å². The van der Waals surface area contributed by atoms with Crippen molar-refractivity contribution < 1.29 is 24.4 Å². The zero-order chi connectivity index (χ0) is 24.1. The minimum atomic E-state index is -1.02. The molecule has 2 aliphatic rings. The van der Waals surface area contributed by atoms with Crippen molar-refractivity contribution in [1.82, 2.24) is 14.9 Å². The van der Waals surface area contributed by atoms with E-state index in [4.69, 9.17) is 4.42 Å². The van der Waals surface area contributed by atoms with Crippen LogP contribution in [0.15, 0.2) is 70.2 Å². The van der Waals surface area contributed by atoms with Crippen molar-refractivity contribution in [2.75, 3.05) is 6.54 Å². The highest BCUT2D eigenvalue weighted by Crippen LogP contribution is 2.32. The summed E-state index contributed by atoms with van der Waals surface area (Å²) >= 11 is 0. The zero-order valence-corrected chi connectivity index (χ0v) is 18.5. The number of aromatic amines is 1. The molecule has 0 saturated carbocycles. The molecule has 1 fully saturated rings. The number of quaternary nitrogens is 1. The molecule has 10 heteroatoms. The highest BCUT2D eigenvalue weighted by atomic mass is 16.8. The molecule has 1 unspecified atom stereocenters. The topological polar surface area (TPSA) is 130 Å². The lowest BCUT2D eigenvalue weighted by Gasteiger charge is -2.40. The number of rotatable bonds is 4. The Bertz CT molecular complexity index is 1490. The number of nitrogens with zero attached hydrogens (tertiary/aromatic N) is 3. The first-order valence-corrected chi connectivity index (χ1v) is 11.1. The zero-order valence-electron chi connectivity index (χ0n) is 18.5. The number of para-hydroxylation sites is 1. The van der Waals surface area contributed by atoms with Gasteiger partial charge in [0.1, 0.15) is 24.1 Å². The molecular formula is C25H21N5O5. The van der Waals surface area contributed by atoms with Crippen molar-refractivity contribution in [2.45, 2.75) is 19.0 Å². The molecule has 2 aromatic heterocycles. The quantitative estimate of drug-likeness (QED) is 0.310. The van der Waals surface area contributed by atoms with Gasteiger partial charge in [0, 0.05) is 40.7 Å². The summed E-state index contributed by atoms with van der Waals surface area (Å²) in [4.78, 5) is 31.1. The highest BCUT2D eigenvalue weighted by molar-refractivity contribution is 5.97. The van der Waals surface area contributed by atoms with E-state index in [2.05, 4.69) is 10.1 Å². The first kappa shape index (κ1) is 21.3. The number of H-pyrrole nitrogens is 1. The largest absolute Gasteiger partial charge is 0.595 e. The third-order valence-electron chi connectivity index (χ3n) is 6.49. The predicted molar refractivity (Wildman–Crippen MR) is 126 cm³/mol. The maximum atomic E-state index is 13.2. The molecule has 2 amide bonds. The number of furan rings is 1. The van der Waals surface area contributed by atoms with E-state index in [1.807, 2.05) is 24.3 Å². The number of hydrazone groups is 1. The second-order valence-electron chi connectivity index (χ2n) is 8.60. The van der Waals surface area contributed by atoms with E-state index in [-0.39, 0.29) is 24.0 Å². The number of hydrogen-bond donors (Lipinski definition) is 3. The molecule has 35 heavy (non-hydrogen) atoms. The summed E-state index contributed by atoms with van der Waals surface area (Å²) in [5, 5.41) is 25.9. The summed E-state index contributed by atoms with van der Waals surface area (Å²) in [6, 6.07) is 17.1. The van der Waals surface area contributed by atoms with Crippen LogP contribution in [-0.4, -0.2) is 50.7 Å². The van der Waals surface area contributed by atoms with Crippen LogP contribution in [0.25, 0.3) is 22.2 Å². The van der Waals surface area contributed by atoms with Crippen LogP contribution in [0.4, 0.5) is 5.69 Å². The van der Waals surface area contributed by atoms with Gasteiger partial charge in [-0.05, 0) is 23.8 Å². The number of hydrogen-bond acceptors (Lipinski definition) is 6. The third kappa shape index (κ3) is 3.69. The van der Waals surface area contributed by atoms with Gasteiger partial charge in [-0.1, -0.05) is 30.3 Å². The van der Waals surface area contributed by atoms with Crippen molar-refractivity contribution in [3.05, 3.63) is 82.9 Å². The summed E-state index contributed by atoms with van der Waals surface area (Å²) < 4.78 is 5.77. The Kier molecular flexibility index (Phi) is 4.99. The Morgan fingerprint density at radius 1 is 1.11 bits per heavy atom. The third-order valence-corrected chi connectivity index (χ3v) is 6.49. The molecule has 0 spiro atoms. The molecular weight excluding hydrogens is 450 g/mol. The lowest BCUT2D eigenvalue weighted by molar-refractivity contribution is -0.991. The van der Waals surface area contributed by atoms with E-state index in [1.165, 1.54) is 23.4 Å². The minimum Gasteiger partial charge on any atom is -0.595 e. The Morgan fingerprint density at radius 3 is 2.83 bits per heavy atom. The van der Waals surface area contributed by atoms with E-state index >= 15 is 0 Å². The number of carbonyl (C=O) groups is 2. The van der Waals surface area contributed by atoms with Gasteiger partial charge < -0.3 is 19.5 Å². The molecule has 3 N–H and O–H groups in total. The smallest absolute Gasteiger partial charge is 0.266 e. The van der Waals surface area contributed by atoms with Crippen LogP contribution in [-0.2, 0) is 22.6 Å². The van der Waals surface area contributed by atoms with Crippen LogP contribution in [0, 0.1) is 5.21 Å². The van der Waals surface area contributed by atoms with Gasteiger partial charge in [0.25, 0.3) is 5.91 Å². The van der Waals surface area contributed by atoms with Crippen molar-refractivity contribution in [2.24, 2.45) is 5.10 Å². The van der Waals surface area contributed by atoms with Crippen LogP contribution in [0.2, 0.25) is 0 Å². The Labute approximate surface area is 199 Å². The fraction of sp³-hybridized carbons (Fsp3) is 0.160. The fourth-order valence-corrected chi connectivity index (χ4v) is 4.77. The summed E-state index contributed by atoms with van der Waals surface area (Å²) in [7, 11) is 0. The van der Waals surface area contributed by atoms with Crippen LogP contribution in [0.3, 0.4) is 0 Å². The van der Waals surface area contributed by atoms with Gasteiger partial charge >= 0.3 is 0 Å². The van der Waals surface area contributed by atoms with Crippen LogP contribution >= 0.6 is 0 Å². The maximum Gasteiger partial charge on any atom is 0.266 e. The molecule has 2 aromatic carbocycles. The van der Waals surface area contributed by atoms with Gasteiger partial charge in [-0.25, -0.2) is 10.2 Å². The lowest BCUT2D eigenvalue weighted by Crippen LogP contribution is -2.99. The molecule has 0 bridgehead atoms. The number of benzene rings is 2. The average molecular weight is 471 g/mol. The summed E-state index contributed by atoms with van der Waals surface area (Å²) in [5.74, 6) is 0.450. The number of fused-ring (bicyclic) bond motifs is 4. The van der Waals surface area contributed by atoms with E-state index in [0.29, 0.717) is 30.0 Å². The van der Waals surface area contributed by atoms with Crippen molar-refractivity contribution >= 4 is 34.6 Å². The fourth-order valence-electron chi connectivity index (χ4n) is 4.77. The Hall–Kier alpha value is -4.25. The van der Waals surface area contributed by atoms with E-state index in [0.717, 1.165) is 22.2 Å². The van der Waals surface area contributed by atoms with Crippen LogP contribution in [0.5, 0.6) is 0 Å². The standard InChI is InChI=1S/C25H21N5O5/c31-24-14-29(26-12-17-8-9-23(35-17)15-4-3-5-16(10-15)30(33)34)25(32)22-11-19-18-6-1-2-7-20(18)27-21(19)13-28(22)24/h1-10,12,22,27,30,33H,11,13-14H2/b26-12+/t22-/m0/s1. The molecule has 0 aliphatic carbocycles. The van der Waals surface area contributed by atoms with Crippen molar-refractivity contribution in [3.8, 4) is 11.3 Å². The van der Waals surface area contributed by atoms with Crippen LogP contribution in [0.1, 0.15) is 17.0 Å². The molecule has 6 rings (SSSR count). The second-order valence-corrected chi connectivity index (χ2v) is 8.60. The maximum absolute atomic E-state index is 13.2. The Morgan fingerprint density at radius 2 is 1.97 bits per heavy atom. The van der Waals surface area contributed by atoms with Gasteiger partial charge in [-0.2, -0.15) is 10.3 Å².